The highest BCUT2D eigenvalue weighted by molar-refractivity contribution is 5.77. The normalized spacial score (nSPS) is 11.9. The summed E-state index contributed by atoms with van der Waals surface area (Å²) in [5.41, 5.74) is 0. The summed E-state index contributed by atoms with van der Waals surface area (Å²) in [4.78, 5) is 21.0. The summed E-state index contributed by atoms with van der Waals surface area (Å²) in [5.74, 6) is -1.33. The third-order valence-electron chi connectivity index (χ3n) is 0.881. The third-order valence-corrected chi connectivity index (χ3v) is 0.881. The summed E-state index contributed by atoms with van der Waals surface area (Å²) in [6.45, 7) is 1.18. The van der Waals surface area contributed by atoms with Crippen LogP contribution in [0.5, 0.6) is 0 Å². The van der Waals surface area contributed by atoms with Gasteiger partial charge in [-0.05, 0) is 0 Å². The van der Waals surface area contributed by atoms with Crippen molar-refractivity contribution < 1.29 is 23.8 Å². The number of ether oxygens (including phenoxy) is 3. The van der Waals surface area contributed by atoms with Gasteiger partial charge in [-0.25, -0.2) is 4.79 Å². The molecular weight excluding hydrogens is 152 g/mol. The Morgan fingerprint density at radius 1 is 1.27 bits per heavy atom. The Morgan fingerprint density at radius 3 is 2.09 bits per heavy atom. The van der Waals surface area contributed by atoms with Crippen molar-refractivity contribution in [2.75, 3.05) is 14.2 Å². The zero-order valence-electron chi connectivity index (χ0n) is 6.62. The van der Waals surface area contributed by atoms with Crippen LogP contribution in [0.2, 0.25) is 0 Å². The van der Waals surface area contributed by atoms with Crippen LogP contribution >= 0.6 is 0 Å². The number of esters is 2. The van der Waals surface area contributed by atoms with Crippen molar-refractivity contribution in [1.82, 2.24) is 0 Å². The lowest BCUT2D eigenvalue weighted by Gasteiger charge is -2.11. The van der Waals surface area contributed by atoms with Gasteiger partial charge in [-0.2, -0.15) is 0 Å². The van der Waals surface area contributed by atoms with E-state index in [0.717, 1.165) is 0 Å². The van der Waals surface area contributed by atoms with Crippen molar-refractivity contribution in [2.45, 2.75) is 13.2 Å². The van der Waals surface area contributed by atoms with E-state index >= 15 is 0 Å². The molecule has 0 spiro atoms. The Bertz CT molecular complexity index is 153. The van der Waals surface area contributed by atoms with Crippen LogP contribution in [0.1, 0.15) is 6.92 Å². The predicted octanol–water partition coefficient (Wildman–Crippen LogP) is -0.305. The molecular formula is C6H10O5. The molecule has 0 bridgehead atoms. The monoisotopic (exact) mass is 162 g/mol. The maximum atomic E-state index is 10.7. The van der Waals surface area contributed by atoms with Gasteiger partial charge in [0.2, 0.25) is 0 Å². The molecule has 0 aromatic rings. The minimum atomic E-state index is -1.25. The molecule has 1 unspecified atom stereocenters. The summed E-state index contributed by atoms with van der Waals surface area (Å²) in [6.07, 6.45) is -1.25. The van der Waals surface area contributed by atoms with Crippen LogP contribution in [-0.2, 0) is 23.8 Å². The molecule has 0 aliphatic carbocycles. The van der Waals surface area contributed by atoms with Gasteiger partial charge in [-0.1, -0.05) is 0 Å². The maximum absolute atomic E-state index is 10.7. The topological polar surface area (TPSA) is 61.8 Å². The first-order chi connectivity index (χ1) is 5.11. The van der Waals surface area contributed by atoms with E-state index in [1.165, 1.54) is 21.1 Å². The second-order valence-corrected chi connectivity index (χ2v) is 1.70. The van der Waals surface area contributed by atoms with Crippen LogP contribution in [0.25, 0.3) is 0 Å². The average Bonchev–Trinajstić information content (AvgIpc) is 1.98. The number of methoxy groups -OCH3 is 2. The first-order valence-electron chi connectivity index (χ1n) is 2.89. The summed E-state index contributed by atoms with van der Waals surface area (Å²) in [7, 11) is 2.42. The molecule has 0 rings (SSSR count). The highest BCUT2D eigenvalue weighted by atomic mass is 16.7. The van der Waals surface area contributed by atoms with Crippen molar-refractivity contribution >= 4 is 11.9 Å². The third kappa shape index (κ3) is 3.57. The minimum absolute atomic E-state index is 0.595. The summed E-state index contributed by atoms with van der Waals surface area (Å²) >= 11 is 0. The first-order valence-corrected chi connectivity index (χ1v) is 2.89. The van der Waals surface area contributed by atoms with Crippen molar-refractivity contribution in [3.8, 4) is 0 Å². The minimum Gasteiger partial charge on any atom is -0.464 e. The van der Waals surface area contributed by atoms with E-state index in [-0.39, 0.29) is 0 Å². The van der Waals surface area contributed by atoms with Gasteiger partial charge in [-0.3, -0.25) is 4.79 Å². The van der Waals surface area contributed by atoms with Crippen LogP contribution in [0.4, 0.5) is 0 Å². The Balaban J connectivity index is 3.94. The molecule has 0 aromatic heterocycles. The Hall–Kier alpha value is -1.10. The smallest absolute Gasteiger partial charge is 0.376 e. The van der Waals surface area contributed by atoms with Gasteiger partial charge in [0, 0.05) is 14.0 Å². The van der Waals surface area contributed by atoms with E-state index in [0.29, 0.717) is 0 Å². The quantitative estimate of drug-likeness (QED) is 0.421. The predicted molar refractivity (Wildman–Crippen MR) is 34.6 cm³/mol. The number of carbonyl (C=O) groups excluding carboxylic acids is 2. The molecule has 0 amide bonds. The highest BCUT2D eigenvalue weighted by Crippen LogP contribution is 1.95. The maximum Gasteiger partial charge on any atom is 0.376 e. The average molecular weight is 162 g/mol. The molecule has 0 saturated heterocycles. The second kappa shape index (κ2) is 4.68. The number of rotatable bonds is 3. The van der Waals surface area contributed by atoms with Crippen LogP contribution in [0, 0.1) is 0 Å². The van der Waals surface area contributed by atoms with Crippen molar-refractivity contribution in [2.24, 2.45) is 0 Å². The van der Waals surface area contributed by atoms with Gasteiger partial charge in [0.25, 0.3) is 0 Å². The summed E-state index contributed by atoms with van der Waals surface area (Å²) < 4.78 is 13.2. The van der Waals surface area contributed by atoms with Gasteiger partial charge in [0.05, 0.1) is 7.11 Å². The second-order valence-electron chi connectivity index (χ2n) is 1.70. The number of carbonyl (C=O) groups is 2. The fourth-order valence-electron chi connectivity index (χ4n) is 0.439. The summed E-state index contributed by atoms with van der Waals surface area (Å²) in [6, 6.07) is 0. The molecule has 5 nitrogen and oxygen atoms in total. The fourth-order valence-corrected chi connectivity index (χ4v) is 0.439. The molecule has 0 N–H and O–H groups in total. The molecule has 0 aromatic carbocycles. The lowest BCUT2D eigenvalue weighted by molar-refractivity contribution is -0.192. The van der Waals surface area contributed by atoms with Gasteiger partial charge >= 0.3 is 18.2 Å². The van der Waals surface area contributed by atoms with E-state index in [4.69, 9.17) is 0 Å². The highest BCUT2D eigenvalue weighted by Gasteiger charge is 2.20. The van der Waals surface area contributed by atoms with Crippen LogP contribution in [0.15, 0.2) is 0 Å². The van der Waals surface area contributed by atoms with Gasteiger partial charge in [-0.15, -0.1) is 0 Å². The molecule has 0 saturated carbocycles. The number of hydrogen-bond donors (Lipinski definition) is 0. The zero-order valence-corrected chi connectivity index (χ0v) is 6.62. The fraction of sp³-hybridized carbons (Fsp3) is 0.667. The number of hydrogen-bond acceptors (Lipinski definition) is 5. The van der Waals surface area contributed by atoms with Gasteiger partial charge < -0.3 is 14.2 Å². The van der Waals surface area contributed by atoms with Crippen molar-refractivity contribution in [3.05, 3.63) is 0 Å². The van der Waals surface area contributed by atoms with E-state index in [2.05, 4.69) is 14.2 Å². The summed E-state index contributed by atoms with van der Waals surface area (Å²) in [5, 5.41) is 0. The molecule has 64 valence electrons. The zero-order chi connectivity index (χ0) is 8.85. The first kappa shape index (κ1) is 9.90. The molecule has 1 atom stereocenters. The SMILES string of the molecule is COC(=O)C(OC)OC(C)=O. The Kier molecular flexibility index (Phi) is 4.21. The van der Waals surface area contributed by atoms with E-state index in [1.807, 2.05) is 0 Å². The Labute approximate surface area is 64.2 Å². The molecule has 0 fully saturated rings. The lowest BCUT2D eigenvalue weighted by atomic mass is 10.6. The standard InChI is InChI=1S/C6H10O5/c1-4(7)11-6(10-3)5(8)9-2/h6H,1-3H3. The van der Waals surface area contributed by atoms with Gasteiger partial charge in [0.15, 0.2) is 0 Å². The molecule has 5 heteroatoms. The molecule has 0 aliphatic rings. The molecule has 0 aliphatic heterocycles. The molecule has 11 heavy (non-hydrogen) atoms. The lowest BCUT2D eigenvalue weighted by Crippen LogP contribution is -2.29. The Morgan fingerprint density at radius 2 is 1.82 bits per heavy atom. The largest absolute Gasteiger partial charge is 0.464 e. The van der Waals surface area contributed by atoms with E-state index in [9.17, 15) is 9.59 Å². The molecule has 0 heterocycles. The van der Waals surface area contributed by atoms with Crippen LogP contribution in [0.3, 0.4) is 0 Å². The molecule has 0 radical (unpaired) electrons. The van der Waals surface area contributed by atoms with E-state index < -0.39 is 18.2 Å². The van der Waals surface area contributed by atoms with Crippen LogP contribution in [-0.4, -0.2) is 32.4 Å². The van der Waals surface area contributed by atoms with Crippen molar-refractivity contribution in [1.29, 1.82) is 0 Å². The van der Waals surface area contributed by atoms with Crippen LogP contribution < -0.4 is 0 Å². The van der Waals surface area contributed by atoms with Gasteiger partial charge in [0.1, 0.15) is 0 Å². The van der Waals surface area contributed by atoms with Crippen molar-refractivity contribution in [3.63, 3.8) is 0 Å². The van der Waals surface area contributed by atoms with E-state index in [1.54, 1.807) is 0 Å².